The molecule has 6 heteroatoms. The number of hydrogen-bond acceptors (Lipinski definition) is 4. The Morgan fingerprint density at radius 3 is 2.38 bits per heavy atom. The van der Waals surface area contributed by atoms with Crippen LogP contribution >= 0.6 is 0 Å². The highest BCUT2D eigenvalue weighted by molar-refractivity contribution is 5.11. The number of unbranched alkanes of at least 4 members (excludes halogenated alkanes) is 1. The molecule has 0 bridgehead atoms. The molecule has 0 saturated heterocycles. The van der Waals surface area contributed by atoms with Crippen molar-refractivity contribution >= 4 is 0 Å². The lowest BCUT2D eigenvalue weighted by molar-refractivity contribution is -0.162. The van der Waals surface area contributed by atoms with Crippen molar-refractivity contribution in [1.29, 1.82) is 0 Å². The molecule has 230 valence electrons. The van der Waals surface area contributed by atoms with Crippen molar-refractivity contribution in [3.8, 4) is 0 Å². The van der Waals surface area contributed by atoms with E-state index in [2.05, 4.69) is 55.3 Å². The van der Waals surface area contributed by atoms with E-state index in [1.807, 2.05) is 0 Å². The molecular weight excluding hydrogens is 494 g/mol. The molecule has 4 aliphatic rings. The standard InChI is InChI=1S/C34H63N5O/c1-24(2)10-8-11-25(3)28-12-13-29-27-23-32(40)31-22-26(37-20-9-19-36-18-6-7-21-38-39-35)14-16-34(31,5)30(27)15-17-33(28,29)4/h24-32,36-37,40H,6-23H2,1-5H3/t25-,26?,27?,28-,29?,30?,31-,32-,33-,34-/m1/s1. The van der Waals surface area contributed by atoms with E-state index in [-0.39, 0.29) is 6.10 Å². The van der Waals surface area contributed by atoms with Gasteiger partial charge in [0.1, 0.15) is 0 Å². The predicted molar refractivity (Wildman–Crippen MR) is 167 cm³/mol. The number of aliphatic hydroxyl groups is 1. The molecule has 0 aromatic rings. The molecule has 0 aromatic heterocycles. The predicted octanol–water partition coefficient (Wildman–Crippen LogP) is 8.11. The quantitative estimate of drug-likeness (QED) is 0.0821. The Balaban J connectivity index is 1.25. The highest BCUT2D eigenvalue weighted by atomic mass is 16.3. The van der Waals surface area contributed by atoms with E-state index in [0.29, 0.717) is 29.3 Å². The average Bonchev–Trinajstić information content (AvgIpc) is 3.27. The van der Waals surface area contributed by atoms with Crippen molar-refractivity contribution in [3.63, 3.8) is 0 Å². The molecule has 0 aliphatic heterocycles. The first-order chi connectivity index (χ1) is 19.2. The zero-order valence-corrected chi connectivity index (χ0v) is 26.7. The monoisotopic (exact) mass is 558 g/mol. The summed E-state index contributed by atoms with van der Waals surface area (Å²) in [5.41, 5.74) is 9.16. The maximum atomic E-state index is 11.7. The second-order valence-corrected chi connectivity index (χ2v) is 15.5. The van der Waals surface area contributed by atoms with Gasteiger partial charge in [-0.15, -0.1) is 0 Å². The van der Waals surface area contributed by atoms with Gasteiger partial charge in [-0.2, -0.15) is 0 Å². The van der Waals surface area contributed by atoms with Crippen LogP contribution in [0.4, 0.5) is 0 Å². The van der Waals surface area contributed by atoms with Crippen LogP contribution in [0.1, 0.15) is 125 Å². The highest BCUT2D eigenvalue weighted by Crippen LogP contribution is 2.68. The molecule has 4 aliphatic carbocycles. The van der Waals surface area contributed by atoms with Crippen molar-refractivity contribution in [2.45, 2.75) is 137 Å². The van der Waals surface area contributed by atoms with Gasteiger partial charge in [0, 0.05) is 17.5 Å². The first kappa shape index (κ1) is 32.1. The topological polar surface area (TPSA) is 93.0 Å². The number of rotatable bonds is 15. The summed E-state index contributed by atoms with van der Waals surface area (Å²) in [7, 11) is 0. The highest BCUT2D eigenvalue weighted by Gasteiger charge is 2.62. The van der Waals surface area contributed by atoms with Gasteiger partial charge in [0.2, 0.25) is 0 Å². The number of aliphatic hydroxyl groups excluding tert-OH is 1. The largest absolute Gasteiger partial charge is 0.393 e. The van der Waals surface area contributed by atoms with Crippen LogP contribution in [0.2, 0.25) is 0 Å². The third-order valence-electron chi connectivity index (χ3n) is 12.8. The first-order valence-corrected chi connectivity index (χ1v) is 17.3. The lowest BCUT2D eigenvalue weighted by Crippen LogP contribution is -2.59. The molecule has 0 amide bonds. The maximum Gasteiger partial charge on any atom is 0.0577 e. The molecule has 10 atom stereocenters. The van der Waals surface area contributed by atoms with Gasteiger partial charge in [-0.3, -0.25) is 0 Å². The first-order valence-electron chi connectivity index (χ1n) is 17.3. The number of fused-ring (bicyclic) bond motifs is 5. The Hall–Kier alpha value is -0.810. The van der Waals surface area contributed by atoms with Gasteiger partial charge < -0.3 is 15.7 Å². The smallest absolute Gasteiger partial charge is 0.0577 e. The van der Waals surface area contributed by atoms with Crippen molar-refractivity contribution in [1.82, 2.24) is 10.6 Å². The second-order valence-electron chi connectivity index (χ2n) is 15.5. The molecule has 0 radical (unpaired) electrons. The van der Waals surface area contributed by atoms with Crippen molar-refractivity contribution in [2.24, 2.45) is 57.4 Å². The molecule has 40 heavy (non-hydrogen) atoms. The van der Waals surface area contributed by atoms with Crippen molar-refractivity contribution < 1.29 is 5.11 Å². The molecule has 4 rings (SSSR count). The summed E-state index contributed by atoms with van der Waals surface area (Å²) in [5, 5.41) is 22.6. The average molecular weight is 558 g/mol. The van der Waals surface area contributed by atoms with Crippen LogP contribution in [0, 0.1) is 52.3 Å². The van der Waals surface area contributed by atoms with E-state index in [0.717, 1.165) is 87.2 Å². The van der Waals surface area contributed by atoms with Gasteiger partial charge in [0.05, 0.1) is 6.10 Å². The van der Waals surface area contributed by atoms with Gasteiger partial charge in [0.15, 0.2) is 0 Å². The summed E-state index contributed by atoms with van der Waals surface area (Å²) in [5.74, 6) is 5.42. The van der Waals surface area contributed by atoms with Crippen LogP contribution < -0.4 is 10.6 Å². The van der Waals surface area contributed by atoms with Crippen LogP contribution in [-0.2, 0) is 0 Å². The molecular formula is C34H63N5O. The molecule has 0 aromatic carbocycles. The van der Waals surface area contributed by atoms with Gasteiger partial charge in [-0.05, 0) is 148 Å². The lowest BCUT2D eigenvalue weighted by Gasteiger charge is -2.62. The van der Waals surface area contributed by atoms with Gasteiger partial charge in [-0.1, -0.05) is 59.0 Å². The zero-order chi connectivity index (χ0) is 28.8. The fourth-order valence-corrected chi connectivity index (χ4v) is 10.6. The molecule has 4 unspecified atom stereocenters. The fraction of sp³-hybridized carbons (Fsp3) is 1.00. The SMILES string of the molecule is CC(C)CCC[C@@H](C)[C@H]1CCC2C3C[C@@H](O)[C@H]4CC(NCCCNCCCCN=[N+]=[N-])CC[C@]4(C)C3CC[C@@]21C. The summed E-state index contributed by atoms with van der Waals surface area (Å²) in [4.78, 5) is 2.81. The van der Waals surface area contributed by atoms with E-state index < -0.39 is 0 Å². The second kappa shape index (κ2) is 14.6. The number of azide groups is 1. The minimum atomic E-state index is -0.118. The van der Waals surface area contributed by atoms with E-state index in [4.69, 9.17) is 5.53 Å². The molecule has 0 spiro atoms. The maximum absolute atomic E-state index is 11.7. The molecule has 3 N–H and O–H groups in total. The number of nitrogens with zero attached hydrogens (tertiary/aromatic N) is 3. The molecule has 6 nitrogen and oxygen atoms in total. The van der Waals surface area contributed by atoms with E-state index in [1.165, 1.54) is 57.8 Å². The van der Waals surface area contributed by atoms with Crippen LogP contribution in [0.15, 0.2) is 5.11 Å². The molecule has 4 fully saturated rings. The van der Waals surface area contributed by atoms with E-state index in [9.17, 15) is 5.11 Å². The lowest BCUT2D eigenvalue weighted by atomic mass is 9.43. The minimum absolute atomic E-state index is 0.118. The van der Waals surface area contributed by atoms with Gasteiger partial charge >= 0.3 is 0 Å². The minimum Gasteiger partial charge on any atom is -0.393 e. The Kier molecular flexibility index (Phi) is 11.7. The van der Waals surface area contributed by atoms with Crippen LogP contribution in [0.25, 0.3) is 10.4 Å². The van der Waals surface area contributed by atoms with Crippen LogP contribution in [0.5, 0.6) is 0 Å². The summed E-state index contributed by atoms with van der Waals surface area (Å²) < 4.78 is 0. The molecule has 4 saturated carbocycles. The van der Waals surface area contributed by atoms with Crippen molar-refractivity contribution in [2.75, 3.05) is 26.2 Å². The van der Waals surface area contributed by atoms with Gasteiger partial charge in [-0.25, -0.2) is 0 Å². The number of hydrogen-bond donors (Lipinski definition) is 3. The fourth-order valence-electron chi connectivity index (χ4n) is 10.6. The van der Waals surface area contributed by atoms with Crippen molar-refractivity contribution in [3.05, 3.63) is 10.4 Å². The summed E-state index contributed by atoms with van der Waals surface area (Å²) >= 11 is 0. The normalized spacial score (nSPS) is 39.7. The Morgan fingerprint density at radius 1 is 0.850 bits per heavy atom. The zero-order valence-electron chi connectivity index (χ0n) is 26.7. The van der Waals surface area contributed by atoms with Crippen LogP contribution in [0.3, 0.4) is 0 Å². The van der Waals surface area contributed by atoms with Crippen LogP contribution in [-0.4, -0.2) is 43.4 Å². The summed E-state index contributed by atoms with van der Waals surface area (Å²) in [6.45, 7) is 16.2. The third-order valence-corrected chi connectivity index (χ3v) is 12.8. The number of nitrogens with one attached hydrogen (secondary N) is 2. The molecule has 0 heterocycles. The van der Waals surface area contributed by atoms with E-state index in [1.54, 1.807) is 0 Å². The Labute approximate surface area is 246 Å². The Bertz CT molecular complexity index is 829. The van der Waals surface area contributed by atoms with E-state index >= 15 is 0 Å². The summed E-state index contributed by atoms with van der Waals surface area (Å²) in [6, 6.07) is 0.560. The van der Waals surface area contributed by atoms with Gasteiger partial charge in [0.25, 0.3) is 0 Å². The summed E-state index contributed by atoms with van der Waals surface area (Å²) in [6.07, 6.45) is 17.7. The Morgan fingerprint density at radius 2 is 1.60 bits per heavy atom. The third kappa shape index (κ3) is 7.21.